The van der Waals surface area contributed by atoms with E-state index in [4.69, 9.17) is 11.6 Å². The molecule has 0 spiro atoms. The summed E-state index contributed by atoms with van der Waals surface area (Å²) < 4.78 is 3.64. The minimum Gasteiger partial charge on any atom is -0.328 e. The third-order valence-electron chi connectivity index (χ3n) is 4.33. The first kappa shape index (κ1) is 15.8. The van der Waals surface area contributed by atoms with Gasteiger partial charge in [0.25, 0.3) is 5.91 Å². The van der Waals surface area contributed by atoms with Gasteiger partial charge in [0.05, 0.1) is 17.6 Å². The van der Waals surface area contributed by atoms with E-state index in [2.05, 4.69) is 26.8 Å². The second-order valence-electron chi connectivity index (χ2n) is 6.21. The van der Waals surface area contributed by atoms with Crippen LogP contribution in [0.15, 0.2) is 36.5 Å². The molecule has 3 aromatic rings. The van der Waals surface area contributed by atoms with Gasteiger partial charge < -0.3 is 9.47 Å². The van der Waals surface area contributed by atoms with Crippen molar-refractivity contribution >= 4 is 17.5 Å². The van der Waals surface area contributed by atoms with Crippen LogP contribution in [-0.2, 0) is 13.6 Å². The highest BCUT2D eigenvalue weighted by atomic mass is 35.5. The molecule has 128 valence electrons. The Labute approximate surface area is 149 Å². The van der Waals surface area contributed by atoms with Crippen LogP contribution >= 0.6 is 11.6 Å². The number of amides is 1. The molecule has 1 amide bonds. The zero-order valence-corrected chi connectivity index (χ0v) is 14.7. The lowest BCUT2D eigenvalue weighted by Crippen LogP contribution is -2.40. The lowest BCUT2D eigenvalue weighted by Gasteiger charge is -2.32. The molecule has 1 aliphatic rings. The molecule has 0 N–H and O–H groups in total. The molecule has 0 saturated carbocycles. The predicted octanol–water partition coefficient (Wildman–Crippen LogP) is 2.55. The Morgan fingerprint density at radius 2 is 2.00 bits per heavy atom. The van der Waals surface area contributed by atoms with Crippen LogP contribution < -0.4 is 0 Å². The number of carbonyl (C=O) groups is 1. The quantitative estimate of drug-likeness (QED) is 0.707. The second-order valence-corrected chi connectivity index (χ2v) is 6.62. The van der Waals surface area contributed by atoms with E-state index in [0.29, 0.717) is 18.1 Å². The number of halogens is 1. The van der Waals surface area contributed by atoms with E-state index in [9.17, 15) is 4.79 Å². The molecule has 0 radical (unpaired) electrons. The maximum absolute atomic E-state index is 12.8. The first-order chi connectivity index (χ1) is 12.0. The van der Waals surface area contributed by atoms with E-state index in [1.807, 2.05) is 30.3 Å². The van der Waals surface area contributed by atoms with E-state index in [0.717, 1.165) is 17.2 Å². The maximum atomic E-state index is 12.8. The lowest BCUT2D eigenvalue weighted by atomic mass is 10.1. The first-order valence-electron chi connectivity index (χ1n) is 8.02. The number of carbonyl (C=O) groups excluding carboxylic acids is 1. The van der Waals surface area contributed by atoms with Crippen LogP contribution in [0.3, 0.4) is 0 Å². The Morgan fingerprint density at radius 3 is 2.68 bits per heavy atom. The molecule has 1 atom stereocenters. The Hall–Kier alpha value is -2.67. The van der Waals surface area contributed by atoms with E-state index in [-0.39, 0.29) is 17.6 Å². The van der Waals surface area contributed by atoms with Gasteiger partial charge in [-0.2, -0.15) is 5.10 Å². The number of fused-ring (bicyclic) bond motifs is 1. The number of benzene rings is 1. The van der Waals surface area contributed by atoms with E-state index >= 15 is 0 Å². The van der Waals surface area contributed by atoms with Crippen molar-refractivity contribution in [2.45, 2.75) is 19.5 Å². The molecule has 8 heteroatoms. The van der Waals surface area contributed by atoms with E-state index in [1.165, 1.54) is 0 Å². The van der Waals surface area contributed by atoms with Gasteiger partial charge in [-0.1, -0.05) is 41.9 Å². The standard InChI is InChI=1S/C17H17ClN6O/c1-11-8-23(17(25)15-13(18)9-22(2)21-15)10-14-19-20-16(24(11)14)12-6-4-3-5-7-12/h3-7,9,11H,8,10H2,1-2H3/t11-/m0/s1. The summed E-state index contributed by atoms with van der Waals surface area (Å²) in [5.74, 6) is 1.40. The number of nitrogens with zero attached hydrogens (tertiary/aromatic N) is 6. The zero-order chi connectivity index (χ0) is 17.6. The summed E-state index contributed by atoms with van der Waals surface area (Å²) in [6.07, 6.45) is 1.62. The van der Waals surface area contributed by atoms with Gasteiger partial charge in [-0.25, -0.2) is 0 Å². The van der Waals surface area contributed by atoms with Crippen molar-refractivity contribution in [3.8, 4) is 11.4 Å². The highest BCUT2D eigenvalue weighted by Gasteiger charge is 2.31. The molecular formula is C17H17ClN6O. The fourth-order valence-electron chi connectivity index (χ4n) is 3.22. The average molecular weight is 357 g/mol. The summed E-state index contributed by atoms with van der Waals surface area (Å²) in [6, 6.07) is 9.99. The van der Waals surface area contributed by atoms with Crippen LogP contribution in [0.1, 0.15) is 29.3 Å². The zero-order valence-electron chi connectivity index (χ0n) is 13.9. The highest BCUT2D eigenvalue weighted by Crippen LogP contribution is 2.28. The fourth-order valence-corrected chi connectivity index (χ4v) is 3.48. The number of hydrogen-bond acceptors (Lipinski definition) is 4. The molecule has 3 heterocycles. The van der Waals surface area contributed by atoms with Gasteiger partial charge in [-0.3, -0.25) is 9.48 Å². The van der Waals surface area contributed by atoms with Crippen LogP contribution in [0.25, 0.3) is 11.4 Å². The number of rotatable bonds is 2. The Bertz CT molecular complexity index is 932. The second kappa shape index (κ2) is 6.00. The molecule has 0 saturated heterocycles. The summed E-state index contributed by atoms with van der Waals surface area (Å²) in [4.78, 5) is 14.5. The third kappa shape index (κ3) is 2.70. The lowest BCUT2D eigenvalue weighted by molar-refractivity contribution is 0.0675. The van der Waals surface area contributed by atoms with Crippen molar-refractivity contribution in [1.82, 2.24) is 29.4 Å². The van der Waals surface area contributed by atoms with Crippen molar-refractivity contribution < 1.29 is 4.79 Å². The average Bonchev–Trinajstić information content (AvgIpc) is 3.18. The minimum atomic E-state index is -0.187. The van der Waals surface area contributed by atoms with Crippen molar-refractivity contribution in [1.29, 1.82) is 0 Å². The van der Waals surface area contributed by atoms with Gasteiger partial charge in [0.15, 0.2) is 17.3 Å². The molecule has 0 aliphatic carbocycles. The van der Waals surface area contributed by atoms with E-state index in [1.54, 1.807) is 22.8 Å². The summed E-state index contributed by atoms with van der Waals surface area (Å²) in [6.45, 7) is 2.99. The molecule has 1 aliphatic heterocycles. The summed E-state index contributed by atoms with van der Waals surface area (Å²) in [5.41, 5.74) is 1.29. The van der Waals surface area contributed by atoms with Crippen LogP contribution in [0, 0.1) is 0 Å². The monoisotopic (exact) mass is 356 g/mol. The third-order valence-corrected chi connectivity index (χ3v) is 4.61. The van der Waals surface area contributed by atoms with Crippen molar-refractivity contribution in [2.24, 2.45) is 7.05 Å². The topological polar surface area (TPSA) is 68.8 Å². The minimum absolute atomic E-state index is 0.0559. The highest BCUT2D eigenvalue weighted by molar-refractivity contribution is 6.33. The molecule has 0 unspecified atom stereocenters. The van der Waals surface area contributed by atoms with Gasteiger partial charge in [0.1, 0.15) is 0 Å². The molecule has 25 heavy (non-hydrogen) atoms. The number of aryl methyl sites for hydroxylation is 1. The van der Waals surface area contributed by atoms with E-state index < -0.39 is 0 Å². The van der Waals surface area contributed by atoms with Crippen molar-refractivity contribution in [3.63, 3.8) is 0 Å². The van der Waals surface area contributed by atoms with Gasteiger partial charge in [0.2, 0.25) is 0 Å². The van der Waals surface area contributed by atoms with Crippen molar-refractivity contribution in [2.75, 3.05) is 6.54 Å². The predicted molar refractivity (Wildman–Crippen MR) is 93.1 cm³/mol. The maximum Gasteiger partial charge on any atom is 0.276 e. The Morgan fingerprint density at radius 1 is 1.24 bits per heavy atom. The molecule has 1 aromatic carbocycles. The van der Waals surface area contributed by atoms with Crippen molar-refractivity contribution in [3.05, 3.63) is 53.1 Å². The van der Waals surface area contributed by atoms with Gasteiger partial charge >= 0.3 is 0 Å². The van der Waals surface area contributed by atoms with Gasteiger partial charge in [0, 0.05) is 25.4 Å². The normalized spacial score (nSPS) is 16.8. The number of aromatic nitrogens is 5. The molecular weight excluding hydrogens is 340 g/mol. The van der Waals surface area contributed by atoms with Crippen LogP contribution in [0.5, 0.6) is 0 Å². The van der Waals surface area contributed by atoms with Crippen LogP contribution in [0.2, 0.25) is 5.02 Å². The SMILES string of the molecule is C[C@H]1CN(C(=O)c2nn(C)cc2Cl)Cc2nnc(-c3ccccc3)n21. The Kier molecular flexibility index (Phi) is 3.80. The first-order valence-corrected chi connectivity index (χ1v) is 8.40. The smallest absolute Gasteiger partial charge is 0.276 e. The Balaban J connectivity index is 1.66. The fraction of sp³-hybridized carbons (Fsp3) is 0.294. The summed E-state index contributed by atoms with van der Waals surface area (Å²) in [7, 11) is 1.74. The summed E-state index contributed by atoms with van der Waals surface area (Å²) in [5, 5.41) is 13.2. The molecule has 4 rings (SSSR count). The van der Waals surface area contributed by atoms with Crippen LogP contribution in [-0.4, -0.2) is 41.9 Å². The number of hydrogen-bond donors (Lipinski definition) is 0. The molecule has 0 bridgehead atoms. The molecule has 2 aromatic heterocycles. The van der Waals surface area contributed by atoms with Gasteiger partial charge in [-0.15, -0.1) is 10.2 Å². The van der Waals surface area contributed by atoms with Crippen LogP contribution in [0.4, 0.5) is 0 Å². The van der Waals surface area contributed by atoms with Gasteiger partial charge in [-0.05, 0) is 6.92 Å². The molecule has 0 fully saturated rings. The summed E-state index contributed by atoms with van der Waals surface area (Å²) >= 11 is 6.12. The molecule has 7 nitrogen and oxygen atoms in total. The largest absolute Gasteiger partial charge is 0.328 e.